The van der Waals surface area contributed by atoms with E-state index in [-0.39, 0.29) is 41.8 Å². The molecule has 14 nitrogen and oxygen atoms in total. The highest BCUT2D eigenvalue weighted by Gasteiger charge is 2.26. The number of aromatic amines is 1. The molecule has 1 aliphatic rings. The van der Waals surface area contributed by atoms with Crippen molar-refractivity contribution in [1.29, 1.82) is 0 Å². The lowest BCUT2D eigenvalue weighted by atomic mass is 9.98. The zero-order valence-electron chi connectivity index (χ0n) is 29.3. The quantitative estimate of drug-likeness (QED) is 0.0945. The fourth-order valence-electron chi connectivity index (χ4n) is 5.98. The highest BCUT2D eigenvalue weighted by atomic mass is 35.5. The van der Waals surface area contributed by atoms with Crippen LogP contribution in [0.4, 0.5) is 11.4 Å². The van der Waals surface area contributed by atoms with E-state index >= 15 is 0 Å². The van der Waals surface area contributed by atoms with Gasteiger partial charge >= 0.3 is 0 Å². The molecule has 0 aliphatic carbocycles. The van der Waals surface area contributed by atoms with Gasteiger partial charge < -0.3 is 34.5 Å². The summed E-state index contributed by atoms with van der Waals surface area (Å²) in [5, 5.41) is 7.52. The lowest BCUT2D eigenvalue weighted by molar-refractivity contribution is -0.105. The van der Waals surface area contributed by atoms with E-state index in [4.69, 9.17) is 14.6 Å². The predicted molar refractivity (Wildman–Crippen MR) is 205 cm³/mol. The van der Waals surface area contributed by atoms with Crippen LogP contribution >= 0.6 is 24.8 Å². The average Bonchev–Trinajstić information content (AvgIpc) is 3.56. The van der Waals surface area contributed by atoms with Crippen molar-refractivity contribution in [2.45, 2.75) is 31.3 Å². The maximum atomic E-state index is 14.1. The van der Waals surface area contributed by atoms with Gasteiger partial charge in [0, 0.05) is 44.4 Å². The number of piperazine rings is 1. The van der Waals surface area contributed by atoms with E-state index < -0.39 is 21.1 Å². The number of nitrogens with zero attached hydrogens (tertiary/aromatic N) is 4. The number of nitrogens with one attached hydrogen (secondary N) is 2. The third kappa shape index (κ3) is 9.23. The molecule has 280 valence electrons. The van der Waals surface area contributed by atoms with Gasteiger partial charge in [-0.25, -0.2) is 23.3 Å². The minimum atomic E-state index is -4.11. The van der Waals surface area contributed by atoms with E-state index in [9.17, 15) is 22.8 Å². The van der Waals surface area contributed by atoms with Gasteiger partial charge in [-0.15, -0.1) is 24.8 Å². The van der Waals surface area contributed by atoms with Crippen LogP contribution in [-0.4, -0.2) is 100 Å². The maximum absolute atomic E-state index is 14.1. The van der Waals surface area contributed by atoms with E-state index in [1.807, 2.05) is 19.1 Å². The number of fused-ring (bicyclic) bond motifs is 1. The number of imidazole rings is 1. The summed E-state index contributed by atoms with van der Waals surface area (Å²) in [7, 11) is 0.971. The maximum Gasteiger partial charge on any atom is 0.271 e. The number of primary sulfonamides is 1. The van der Waals surface area contributed by atoms with E-state index in [1.165, 1.54) is 12.0 Å². The number of carbonyl (C=O) groups is 2. The number of anilines is 2. The Bertz CT molecular complexity index is 2060. The number of carbonyl (C=O) groups excluding carboxylic acids is 3. The second-order valence-corrected chi connectivity index (χ2v) is 13.6. The van der Waals surface area contributed by atoms with Gasteiger partial charge in [0.15, 0.2) is 5.75 Å². The molecule has 3 aromatic carbocycles. The van der Waals surface area contributed by atoms with Gasteiger partial charge in [0.2, 0.25) is 11.6 Å². The van der Waals surface area contributed by atoms with Crippen molar-refractivity contribution in [3.05, 3.63) is 65.4 Å². The molecule has 0 saturated carbocycles. The minimum absolute atomic E-state index is 0. The summed E-state index contributed by atoms with van der Waals surface area (Å²) in [4.78, 5) is 50.2. The molecule has 2 heterocycles. The number of likely N-dealkylation sites (N-methyl/N-ethyl adjacent to an activating group) is 1. The largest absolute Gasteiger partial charge is 0.494 e. The molecule has 0 bridgehead atoms. The van der Waals surface area contributed by atoms with Gasteiger partial charge in [-0.3, -0.25) is 9.59 Å². The third-order valence-corrected chi connectivity index (χ3v) is 9.43. The molecule has 1 aromatic heterocycles. The number of hydrogen-bond acceptors (Lipinski definition) is 10. The SMILES string of the molecule is COc1c(-c2cccc3[nH]c(S(N)(=O)=O)nc23)ccc(C(=O)N(C)c2ccc(C)cc2OCCCCC(=C=O)N2CCN(C)CC2)c1NC=O.Cl.Cl. The summed E-state index contributed by atoms with van der Waals surface area (Å²) in [5.74, 6) is 2.36. The first-order chi connectivity index (χ1) is 24.0. The molecule has 52 heavy (non-hydrogen) atoms. The first-order valence-corrected chi connectivity index (χ1v) is 17.6. The number of sulfonamides is 1. The Kier molecular flexibility index (Phi) is 14.6. The third-order valence-electron chi connectivity index (χ3n) is 8.70. The van der Waals surface area contributed by atoms with Crippen LogP contribution in [0.25, 0.3) is 22.2 Å². The fraction of sp³-hybridized carbons (Fsp3) is 0.343. The van der Waals surface area contributed by atoms with Crippen molar-refractivity contribution in [3.8, 4) is 22.6 Å². The molecule has 0 atom stereocenters. The standard InChI is InChI=1S/C35H41N7O7S.2ClH/c1-23-11-14-29(30(20-23)49-19-6-5-8-24(21-43)42-17-15-40(2)16-18-42)41(3)34(45)27-13-12-26(33(48-4)32(27)37-22-44)25-9-7-10-28-31(25)39-35(38-28)50(36,46)47;;/h7,9-14,20,22H,5-6,8,15-19H2,1-4H3,(H,37,44)(H,38,39)(H2,36,46,47);2*1H. The van der Waals surface area contributed by atoms with E-state index in [0.29, 0.717) is 65.2 Å². The summed E-state index contributed by atoms with van der Waals surface area (Å²) < 4.78 is 35.9. The molecule has 0 radical (unpaired) electrons. The Morgan fingerprint density at radius 1 is 1.10 bits per heavy atom. The second kappa shape index (κ2) is 18.2. The molecule has 0 spiro atoms. The van der Waals surface area contributed by atoms with E-state index in [0.717, 1.165) is 38.2 Å². The summed E-state index contributed by atoms with van der Waals surface area (Å²) in [6.45, 7) is 5.74. The Labute approximate surface area is 315 Å². The topological polar surface area (TPSA) is 180 Å². The number of amides is 2. The molecule has 5 rings (SSSR count). The van der Waals surface area contributed by atoms with Crippen molar-refractivity contribution in [2.24, 2.45) is 5.14 Å². The first-order valence-electron chi connectivity index (χ1n) is 16.1. The van der Waals surface area contributed by atoms with Crippen molar-refractivity contribution in [3.63, 3.8) is 0 Å². The lowest BCUT2D eigenvalue weighted by Gasteiger charge is -2.34. The zero-order valence-corrected chi connectivity index (χ0v) is 31.8. The normalized spacial score (nSPS) is 13.0. The monoisotopic (exact) mass is 775 g/mol. The number of ether oxygens (including phenoxy) is 2. The summed E-state index contributed by atoms with van der Waals surface area (Å²) in [6, 6.07) is 13.8. The number of allylic oxidation sites excluding steroid dienone is 1. The van der Waals surface area contributed by atoms with E-state index in [2.05, 4.69) is 38.1 Å². The van der Waals surface area contributed by atoms with Crippen molar-refractivity contribution in [1.82, 2.24) is 19.8 Å². The summed E-state index contributed by atoms with van der Waals surface area (Å²) in [6.07, 6.45) is 2.50. The van der Waals surface area contributed by atoms with Crippen LogP contribution in [0.3, 0.4) is 0 Å². The highest BCUT2D eigenvalue weighted by molar-refractivity contribution is 7.89. The van der Waals surface area contributed by atoms with Crippen molar-refractivity contribution in [2.75, 3.05) is 64.2 Å². The van der Waals surface area contributed by atoms with Crippen molar-refractivity contribution < 1.29 is 32.3 Å². The number of para-hydroxylation sites is 1. The molecule has 2 amide bonds. The van der Waals surface area contributed by atoms with Crippen LogP contribution in [0.2, 0.25) is 0 Å². The van der Waals surface area contributed by atoms with Gasteiger partial charge in [-0.2, -0.15) is 0 Å². The number of aryl methyl sites for hydroxylation is 1. The number of aromatic nitrogens is 2. The molecule has 1 saturated heterocycles. The number of nitrogens with two attached hydrogens (primary N) is 1. The van der Waals surface area contributed by atoms with Gasteiger partial charge in [0.05, 0.1) is 47.4 Å². The van der Waals surface area contributed by atoms with Crippen LogP contribution in [0.15, 0.2) is 59.4 Å². The van der Waals surface area contributed by atoms with Crippen molar-refractivity contribution >= 4 is 75.5 Å². The molecule has 0 unspecified atom stereocenters. The molecular weight excluding hydrogens is 733 g/mol. The van der Waals surface area contributed by atoms with Crippen LogP contribution < -0.4 is 24.8 Å². The Hall–Kier alpha value is -4.63. The molecule has 1 aliphatic heterocycles. The zero-order chi connectivity index (χ0) is 36.0. The van der Waals surface area contributed by atoms with Gasteiger partial charge in [0.25, 0.3) is 15.9 Å². The van der Waals surface area contributed by atoms with Gasteiger partial charge in [-0.05, 0) is 69.1 Å². The Balaban J connectivity index is 0.00000364. The van der Waals surface area contributed by atoms with Crippen LogP contribution in [0.1, 0.15) is 35.2 Å². The predicted octanol–water partition coefficient (Wildman–Crippen LogP) is 4.39. The molecular formula is C35H43Cl2N7O7S. The number of unbranched alkanes of at least 4 members (excludes halogenated alkanes) is 1. The number of hydrogen-bond donors (Lipinski definition) is 3. The second-order valence-electron chi connectivity index (χ2n) is 12.1. The number of H-pyrrole nitrogens is 1. The van der Waals surface area contributed by atoms with Crippen LogP contribution in [-0.2, 0) is 19.6 Å². The van der Waals surface area contributed by atoms with Crippen LogP contribution in [0.5, 0.6) is 11.5 Å². The first kappa shape index (κ1) is 41.8. The fourth-order valence-corrected chi connectivity index (χ4v) is 6.45. The molecule has 17 heteroatoms. The summed E-state index contributed by atoms with van der Waals surface area (Å²) in [5.41, 5.74) is 4.07. The highest BCUT2D eigenvalue weighted by Crippen LogP contribution is 2.42. The lowest BCUT2D eigenvalue weighted by Crippen LogP contribution is -2.44. The number of methoxy groups -OCH3 is 1. The molecule has 1 fully saturated rings. The Morgan fingerprint density at radius 3 is 2.48 bits per heavy atom. The smallest absolute Gasteiger partial charge is 0.271 e. The molecule has 4 aromatic rings. The van der Waals surface area contributed by atoms with Gasteiger partial charge in [-0.1, -0.05) is 18.2 Å². The summed E-state index contributed by atoms with van der Waals surface area (Å²) >= 11 is 0. The van der Waals surface area contributed by atoms with E-state index in [1.54, 1.807) is 43.4 Å². The molecule has 4 N–H and O–H groups in total. The van der Waals surface area contributed by atoms with Gasteiger partial charge in [0.1, 0.15) is 11.7 Å². The number of halogens is 2. The number of rotatable bonds is 14. The average molecular weight is 777 g/mol. The number of benzene rings is 3. The Morgan fingerprint density at radius 2 is 1.83 bits per heavy atom. The minimum Gasteiger partial charge on any atom is -0.494 e. The van der Waals surface area contributed by atoms with Crippen LogP contribution in [0, 0.1) is 6.92 Å².